The van der Waals surface area contributed by atoms with Crippen LogP contribution in [0.25, 0.3) is 0 Å². The molecule has 0 bridgehead atoms. The fourth-order valence-electron chi connectivity index (χ4n) is 1.91. The van der Waals surface area contributed by atoms with Crippen LogP contribution in [0.1, 0.15) is 23.2 Å². The first-order valence-electron chi connectivity index (χ1n) is 6.54. The van der Waals surface area contributed by atoms with Gasteiger partial charge >= 0.3 is 5.97 Å². The van der Waals surface area contributed by atoms with Gasteiger partial charge in [-0.2, -0.15) is 0 Å². The van der Waals surface area contributed by atoms with Gasteiger partial charge < -0.3 is 20.5 Å². The van der Waals surface area contributed by atoms with E-state index in [-0.39, 0.29) is 6.61 Å². The van der Waals surface area contributed by atoms with Crippen molar-refractivity contribution in [1.29, 1.82) is 0 Å². The molecule has 0 aliphatic carbocycles. The Kier molecular flexibility index (Phi) is 4.89. The summed E-state index contributed by atoms with van der Waals surface area (Å²) in [7, 11) is 0. The number of carbonyl (C=O) groups excluding carboxylic acids is 3. The lowest BCUT2D eigenvalue weighted by Crippen LogP contribution is -2.27. The second-order valence-electron chi connectivity index (χ2n) is 4.60. The Hall–Kier alpha value is -2.41. The zero-order valence-corrected chi connectivity index (χ0v) is 11.3. The molecule has 112 valence electrons. The molecule has 1 saturated heterocycles. The van der Waals surface area contributed by atoms with E-state index in [1.54, 1.807) is 12.1 Å². The molecular formula is C14H16N2O5. The van der Waals surface area contributed by atoms with Crippen molar-refractivity contribution in [2.45, 2.75) is 18.9 Å². The van der Waals surface area contributed by atoms with Crippen LogP contribution >= 0.6 is 0 Å². The van der Waals surface area contributed by atoms with Gasteiger partial charge in [-0.15, -0.1) is 0 Å². The summed E-state index contributed by atoms with van der Waals surface area (Å²) in [5, 5.41) is 2.54. The van der Waals surface area contributed by atoms with Crippen molar-refractivity contribution in [2.75, 3.05) is 18.5 Å². The van der Waals surface area contributed by atoms with Crippen LogP contribution < -0.4 is 11.1 Å². The molecule has 1 aromatic carbocycles. The number of esters is 1. The van der Waals surface area contributed by atoms with E-state index in [0.29, 0.717) is 24.3 Å². The summed E-state index contributed by atoms with van der Waals surface area (Å²) in [6.45, 7) is 0.161. The molecule has 7 nitrogen and oxygen atoms in total. The van der Waals surface area contributed by atoms with Crippen molar-refractivity contribution >= 4 is 23.5 Å². The molecule has 3 N–H and O–H groups in total. The Balaban J connectivity index is 1.78. The number of ether oxygens (including phenoxy) is 2. The third kappa shape index (κ3) is 4.28. The van der Waals surface area contributed by atoms with Crippen molar-refractivity contribution in [1.82, 2.24) is 0 Å². The average molecular weight is 292 g/mol. The van der Waals surface area contributed by atoms with Gasteiger partial charge in [0, 0.05) is 17.9 Å². The average Bonchev–Trinajstić information content (AvgIpc) is 2.99. The van der Waals surface area contributed by atoms with Gasteiger partial charge in [0.25, 0.3) is 5.91 Å². The van der Waals surface area contributed by atoms with Gasteiger partial charge in [0.15, 0.2) is 12.7 Å². The standard InChI is InChI=1S/C14H16N2O5/c15-13(18)9-3-5-10(6-4-9)16-12(17)8-21-14(19)11-2-1-7-20-11/h3-6,11H,1-2,7-8H2,(H2,15,18)(H,16,17)/t11-/m0/s1. The molecule has 0 radical (unpaired) electrons. The predicted molar refractivity (Wildman–Crippen MR) is 73.5 cm³/mol. The van der Waals surface area contributed by atoms with Crippen LogP contribution in [-0.4, -0.2) is 37.1 Å². The number of anilines is 1. The number of rotatable bonds is 5. The summed E-state index contributed by atoms with van der Waals surface area (Å²) < 4.78 is 10.0. The summed E-state index contributed by atoms with van der Waals surface area (Å²) in [6.07, 6.45) is 0.875. The molecule has 2 amide bonds. The van der Waals surface area contributed by atoms with Crippen LogP contribution in [-0.2, 0) is 19.1 Å². The highest BCUT2D eigenvalue weighted by Crippen LogP contribution is 2.13. The van der Waals surface area contributed by atoms with Crippen LogP contribution in [0.2, 0.25) is 0 Å². The highest BCUT2D eigenvalue weighted by molar-refractivity contribution is 5.95. The lowest BCUT2D eigenvalue weighted by atomic mass is 10.2. The number of amides is 2. The minimum absolute atomic E-state index is 0.345. The summed E-state index contributed by atoms with van der Waals surface area (Å²) in [5.74, 6) is -1.53. The third-order valence-electron chi connectivity index (χ3n) is 2.99. The first-order valence-corrected chi connectivity index (χ1v) is 6.54. The van der Waals surface area contributed by atoms with E-state index in [1.165, 1.54) is 12.1 Å². The number of benzene rings is 1. The maximum absolute atomic E-state index is 11.6. The number of primary amides is 1. The van der Waals surface area contributed by atoms with Crippen molar-refractivity contribution < 1.29 is 23.9 Å². The fraction of sp³-hybridized carbons (Fsp3) is 0.357. The molecule has 0 saturated carbocycles. The molecular weight excluding hydrogens is 276 g/mol. The van der Waals surface area contributed by atoms with Crippen LogP contribution in [0.5, 0.6) is 0 Å². The van der Waals surface area contributed by atoms with Gasteiger partial charge in [0.2, 0.25) is 5.91 Å². The Morgan fingerprint density at radius 3 is 2.57 bits per heavy atom. The lowest BCUT2D eigenvalue weighted by molar-refractivity contribution is -0.156. The first-order chi connectivity index (χ1) is 10.1. The summed E-state index contributed by atoms with van der Waals surface area (Å²) in [5.41, 5.74) is 5.94. The minimum Gasteiger partial charge on any atom is -0.454 e. The Morgan fingerprint density at radius 1 is 1.29 bits per heavy atom. The molecule has 1 atom stereocenters. The van der Waals surface area contributed by atoms with Gasteiger partial charge in [0.05, 0.1) is 0 Å². The maximum atomic E-state index is 11.6. The van der Waals surface area contributed by atoms with E-state index in [9.17, 15) is 14.4 Å². The van der Waals surface area contributed by atoms with E-state index in [2.05, 4.69) is 5.32 Å². The largest absolute Gasteiger partial charge is 0.454 e. The van der Waals surface area contributed by atoms with Crippen molar-refractivity contribution in [3.8, 4) is 0 Å². The fourth-order valence-corrected chi connectivity index (χ4v) is 1.91. The third-order valence-corrected chi connectivity index (χ3v) is 2.99. The normalized spacial score (nSPS) is 17.2. The number of hydrogen-bond donors (Lipinski definition) is 2. The monoisotopic (exact) mass is 292 g/mol. The van der Waals surface area contributed by atoms with Gasteiger partial charge in [-0.25, -0.2) is 4.79 Å². The van der Waals surface area contributed by atoms with Crippen molar-refractivity contribution in [2.24, 2.45) is 5.73 Å². The van der Waals surface area contributed by atoms with Gasteiger partial charge in [-0.3, -0.25) is 9.59 Å². The second-order valence-corrected chi connectivity index (χ2v) is 4.60. The predicted octanol–water partition coefficient (Wildman–Crippen LogP) is 0.446. The lowest BCUT2D eigenvalue weighted by Gasteiger charge is -2.10. The van der Waals surface area contributed by atoms with Crippen LogP contribution in [0, 0.1) is 0 Å². The highest BCUT2D eigenvalue weighted by Gasteiger charge is 2.25. The first kappa shape index (κ1) is 15.0. The number of nitrogens with two attached hydrogens (primary N) is 1. The van der Waals surface area contributed by atoms with Gasteiger partial charge in [-0.05, 0) is 37.1 Å². The summed E-state index contributed by atoms with van der Waals surface area (Å²) >= 11 is 0. The van der Waals surface area contributed by atoms with E-state index in [4.69, 9.17) is 15.2 Å². The smallest absolute Gasteiger partial charge is 0.335 e. The quantitative estimate of drug-likeness (QED) is 0.766. The molecule has 21 heavy (non-hydrogen) atoms. The zero-order valence-electron chi connectivity index (χ0n) is 11.3. The summed E-state index contributed by atoms with van der Waals surface area (Å²) in [6, 6.07) is 6.08. The number of hydrogen-bond acceptors (Lipinski definition) is 5. The molecule has 1 aromatic rings. The van der Waals surface area contributed by atoms with E-state index in [1.807, 2.05) is 0 Å². The molecule has 0 aromatic heterocycles. The molecule has 1 aliphatic rings. The Labute approximate surface area is 121 Å². The van der Waals surface area contributed by atoms with E-state index in [0.717, 1.165) is 6.42 Å². The molecule has 0 unspecified atom stereocenters. The van der Waals surface area contributed by atoms with Crippen LogP contribution in [0.4, 0.5) is 5.69 Å². The topological polar surface area (TPSA) is 108 Å². The van der Waals surface area contributed by atoms with E-state index >= 15 is 0 Å². The minimum atomic E-state index is -0.562. The molecule has 0 spiro atoms. The molecule has 1 aliphatic heterocycles. The molecule has 1 fully saturated rings. The number of carbonyl (C=O) groups is 3. The second kappa shape index (κ2) is 6.85. The SMILES string of the molecule is NC(=O)c1ccc(NC(=O)COC(=O)[C@@H]2CCCO2)cc1. The van der Waals surface area contributed by atoms with Crippen LogP contribution in [0.3, 0.4) is 0 Å². The number of nitrogens with one attached hydrogen (secondary N) is 1. The highest BCUT2D eigenvalue weighted by atomic mass is 16.6. The van der Waals surface area contributed by atoms with Crippen LogP contribution in [0.15, 0.2) is 24.3 Å². The zero-order chi connectivity index (χ0) is 15.2. The van der Waals surface area contributed by atoms with Crippen molar-refractivity contribution in [3.05, 3.63) is 29.8 Å². The Bertz CT molecular complexity index is 535. The molecule has 1 heterocycles. The molecule has 2 rings (SSSR count). The van der Waals surface area contributed by atoms with Crippen molar-refractivity contribution in [3.63, 3.8) is 0 Å². The molecule has 7 heteroatoms. The maximum Gasteiger partial charge on any atom is 0.335 e. The van der Waals surface area contributed by atoms with Gasteiger partial charge in [-0.1, -0.05) is 0 Å². The van der Waals surface area contributed by atoms with Gasteiger partial charge in [0.1, 0.15) is 0 Å². The summed E-state index contributed by atoms with van der Waals surface area (Å²) in [4.78, 5) is 34.1. The van der Waals surface area contributed by atoms with E-state index < -0.39 is 23.9 Å². The Morgan fingerprint density at radius 2 is 2.00 bits per heavy atom.